The molecule has 0 fully saturated rings. The van der Waals surface area contributed by atoms with Crippen molar-refractivity contribution in [2.45, 2.75) is 37.6 Å². The van der Waals surface area contributed by atoms with Gasteiger partial charge in [0.25, 0.3) is 5.56 Å². The van der Waals surface area contributed by atoms with E-state index in [2.05, 4.69) is 29.6 Å². The van der Waals surface area contributed by atoms with E-state index in [1.165, 1.54) is 20.4 Å². The highest BCUT2D eigenvalue weighted by molar-refractivity contribution is 7.90. The molecule has 0 aromatic carbocycles. The molecule has 3 rings (SSSR count). The van der Waals surface area contributed by atoms with Crippen molar-refractivity contribution in [3.63, 3.8) is 0 Å². The molecule has 0 atom stereocenters. The van der Waals surface area contributed by atoms with Crippen LogP contribution in [0, 0.1) is 0 Å². The number of nitrogens with zero attached hydrogens (tertiary/aromatic N) is 4. The first-order valence-electron chi connectivity index (χ1n) is 9.91. The van der Waals surface area contributed by atoms with Gasteiger partial charge in [-0.15, -0.1) is 0 Å². The fourth-order valence-corrected chi connectivity index (χ4v) is 5.13. The maximum absolute atomic E-state index is 13.3. The second-order valence-corrected chi connectivity index (χ2v) is 16.7. The van der Waals surface area contributed by atoms with Gasteiger partial charge in [0.05, 0.1) is 12.5 Å². The first-order chi connectivity index (χ1) is 14.8. The zero-order valence-corrected chi connectivity index (χ0v) is 21.5. The van der Waals surface area contributed by atoms with E-state index in [-0.39, 0.29) is 33.8 Å². The predicted molar refractivity (Wildman–Crippen MR) is 127 cm³/mol. The molecule has 12 heteroatoms. The lowest BCUT2D eigenvalue weighted by Crippen LogP contribution is -2.25. The first-order valence-corrected chi connectivity index (χ1v) is 15.9. The van der Waals surface area contributed by atoms with Crippen LogP contribution in [0.1, 0.15) is 0 Å². The van der Waals surface area contributed by atoms with Crippen molar-refractivity contribution in [3.05, 3.63) is 33.8 Å². The van der Waals surface area contributed by atoms with E-state index in [0.29, 0.717) is 17.7 Å². The molecule has 0 saturated carbocycles. The van der Waals surface area contributed by atoms with Crippen molar-refractivity contribution < 1.29 is 17.9 Å². The van der Waals surface area contributed by atoms with E-state index in [9.17, 15) is 13.2 Å². The van der Waals surface area contributed by atoms with Crippen molar-refractivity contribution in [2.75, 3.05) is 20.0 Å². The molecule has 0 N–H and O–H groups in total. The summed E-state index contributed by atoms with van der Waals surface area (Å²) in [5, 5.41) is 0.160. The van der Waals surface area contributed by atoms with E-state index < -0.39 is 23.5 Å². The lowest BCUT2D eigenvalue weighted by atomic mass is 10.1. The predicted octanol–water partition coefficient (Wildman–Crippen LogP) is 3.17. The first kappa shape index (κ1) is 24.4. The third-order valence-corrected chi connectivity index (χ3v) is 8.05. The number of sulfone groups is 1. The highest BCUT2D eigenvalue weighted by atomic mass is 35.5. The molecule has 32 heavy (non-hydrogen) atoms. The molecule has 0 aliphatic heterocycles. The van der Waals surface area contributed by atoms with Crippen molar-refractivity contribution >= 4 is 40.5 Å². The Kier molecular flexibility index (Phi) is 6.85. The molecule has 9 nitrogen and oxygen atoms in total. The molecule has 3 aromatic heterocycles. The second kappa shape index (κ2) is 8.97. The van der Waals surface area contributed by atoms with Gasteiger partial charge in [0.15, 0.2) is 5.65 Å². The quantitative estimate of drug-likeness (QED) is 0.267. The van der Waals surface area contributed by atoms with Gasteiger partial charge in [-0.2, -0.15) is 0 Å². The number of hydrogen-bond acceptors (Lipinski definition) is 7. The van der Waals surface area contributed by atoms with Gasteiger partial charge in [-0.05, 0) is 12.1 Å². The normalized spacial score (nSPS) is 12.5. The van der Waals surface area contributed by atoms with Crippen LogP contribution in [0.3, 0.4) is 0 Å². The number of hydrogen-bond donors (Lipinski definition) is 0. The molecule has 0 unspecified atom stereocenters. The summed E-state index contributed by atoms with van der Waals surface area (Å²) >= 11 is 6.48. The summed E-state index contributed by atoms with van der Waals surface area (Å²) in [4.78, 5) is 21.7. The SMILES string of the molecule is COc1nccc(-c2cn(COCC[Si](C)(C)C)c3nc(S(C)(=O)=O)n(C)c(=O)c23)c1Cl. The molecule has 0 saturated heterocycles. The number of halogens is 1. The number of ether oxygens (including phenoxy) is 2. The van der Waals surface area contributed by atoms with Gasteiger partial charge in [0, 0.05) is 51.5 Å². The number of pyridine rings is 1. The van der Waals surface area contributed by atoms with Gasteiger partial charge in [0.2, 0.25) is 20.9 Å². The van der Waals surface area contributed by atoms with Gasteiger partial charge < -0.3 is 14.0 Å². The van der Waals surface area contributed by atoms with Crippen molar-refractivity contribution in [1.82, 2.24) is 19.1 Å². The molecule has 3 aromatic rings. The fraction of sp³-hybridized carbons (Fsp3) is 0.450. The van der Waals surface area contributed by atoms with Gasteiger partial charge in [-0.1, -0.05) is 31.2 Å². The average molecular weight is 499 g/mol. The Bertz CT molecular complexity index is 1330. The minimum Gasteiger partial charge on any atom is -0.480 e. The van der Waals surface area contributed by atoms with E-state index in [4.69, 9.17) is 21.1 Å². The Labute approximate surface area is 192 Å². The molecule has 0 aliphatic carbocycles. The third kappa shape index (κ3) is 4.90. The maximum Gasteiger partial charge on any atom is 0.264 e. The smallest absolute Gasteiger partial charge is 0.264 e. The van der Waals surface area contributed by atoms with Gasteiger partial charge in [-0.3, -0.25) is 9.36 Å². The number of aromatic nitrogens is 4. The van der Waals surface area contributed by atoms with Crippen LogP contribution in [0.25, 0.3) is 22.2 Å². The maximum atomic E-state index is 13.3. The summed E-state index contributed by atoms with van der Waals surface area (Å²) in [5.74, 6) is 0.217. The van der Waals surface area contributed by atoms with Gasteiger partial charge >= 0.3 is 0 Å². The lowest BCUT2D eigenvalue weighted by molar-refractivity contribution is 0.0898. The number of rotatable bonds is 8. The highest BCUT2D eigenvalue weighted by Crippen LogP contribution is 2.37. The Morgan fingerprint density at radius 3 is 2.50 bits per heavy atom. The van der Waals surface area contributed by atoms with Gasteiger partial charge in [-0.25, -0.2) is 18.4 Å². The fourth-order valence-electron chi connectivity index (χ4n) is 3.25. The van der Waals surface area contributed by atoms with Crippen LogP contribution in [-0.2, 0) is 28.4 Å². The van der Waals surface area contributed by atoms with Gasteiger partial charge in [0.1, 0.15) is 11.8 Å². The van der Waals surface area contributed by atoms with E-state index >= 15 is 0 Å². The van der Waals surface area contributed by atoms with Crippen LogP contribution in [-0.4, -0.2) is 55.6 Å². The molecule has 0 bridgehead atoms. The van der Waals surface area contributed by atoms with E-state index in [1.54, 1.807) is 16.8 Å². The Morgan fingerprint density at radius 2 is 1.91 bits per heavy atom. The molecule has 0 aliphatic rings. The molecule has 0 radical (unpaired) electrons. The molecule has 0 spiro atoms. The van der Waals surface area contributed by atoms with Crippen LogP contribution in [0.2, 0.25) is 30.7 Å². The number of fused-ring (bicyclic) bond motifs is 1. The standard InChI is InChI=1S/C20H27ClN4O5SSi/c1-24-19(26)15-14(13-7-8-22-18(29-2)16(13)21)11-25(12-30-9-10-32(4,5)6)17(15)23-20(24)31(3,27)28/h7-8,11H,9-10,12H2,1-6H3. The van der Waals surface area contributed by atoms with Crippen LogP contribution in [0.4, 0.5) is 0 Å². The zero-order valence-electron chi connectivity index (χ0n) is 19.0. The molecular weight excluding hydrogens is 472 g/mol. The van der Waals surface area contributed by atoms with E-state index in [1.807, 2.05) is 0 Å². The summed E-state index contributed by atoms with van der Waals surface area (Å²) in [6, 6.07) is 2.64. The molecule has 3 heterocycles. The summed E-state index contributed by atoms with van der Waals surface area (Å²) in [6.07, 6.45) is 4.24. The summed E-state index contributed by atoms with van der Waals surface area (Å²) in [6.45, 7) is 7.43. The Morgan fingerprint density at radius 1 is 1.22 bits per heavy atom. The van der Waals surface area contributed by atoms with E-state index in [0.717, 1.165) is 16.9 Å². The Hall–Kier alpha value is -2.21. The van der Waals surface area contributed by atoms with Crippen LogP contribution in [0.15, 0.2) is 28.4 Å². The molecule has 0 amide bonds. The molecule has 174 valence electrons. The van der Waals surface area contributed by atoms with Crippen molar-refractivity contribution in [2.24, 2.45) is 7.05 Å². The highest BCUT2D eigenvalue weighted by Gasteiger charge is 2.24. The minimum absolute atomic E-state index is 0.115. The number of methoxy groups -OCH3 is 1. The van der Waals surface area contributed by atoms with Crippen molar-refractivity contribution in [1.29, 1.82) is 0 Å². The second-order valence-electron chi connectivity index (χ2n) is 8.77. The van der Waals surface area contributed by atoms with Crippen molar-refractivity contribution in [3.8, 4) is 17.0 Å². The molecular formula is C20H27ClN4O5SSi. The van der Waals surface area contributed by atoms with Crippen LogP contribution in [0.5, 0.6) is 5.88 Å². The monoisotopic (exact) mass is 498 g/mol. The average Bonchev–Trinajstić information content (AvgIpc) is 3.05. The third-order valence-electron chi connectivity index (χ3n) is 4.96. The van der Waals surface area contributed by atoms with Crippen LogP contribution >= 0.6 is 11.6 Å². The lowest BCUT2D eigenvalue weighted by Gasteiger charge is -2.15. The minimum atomic E-state index is -3.74. The summed E-state index contributed by atoms with van der Waals surface area (Å²) in [5.41, 5.74) is 0.726. The summed E-state index contributed by atoms with van der Waals surface area (Å²) in [7, 11) is -2.19. The Balaban J connectivity index is 2.23. The summed E-state index contributed by atoms with van der Waals surface area (Å²) < 4.78 is 38.2. The van der Waals surface area contributed by atoms with Crippen LogP contribution < -0.4 is 10.3 Å². The largest absolute Gasteiger partial charge is 0.480 e. The topological polar surface area (TPSA) is 105 Å². The zero-order chi connectivity index (χ0) is 23.8.